The lowest BCUT2D eigenvalue weighted by atomic mass is 10.1. The number of halogens is 2. The first kappa shape index (κ1) is 18.5. The van der Waals surface area contributed by atoms with Gasteiger partial charge in [0.05, 0.1) is 6.33 Å². The van der Waals surface area contributed by atoms with Gasteiger partial charge in [-0.25, -0.2) is 23.7 Å². The van der Waals surface area contributed by atoms with E-state index in [4.69, 9.17) is 5.73 Å². The number of thioether (sulfide) groups is 1. The van der Waals surface area contributed by atoms with Crippen LogP contribution < -0.4 is 5.73 Å². The van der Waals surface area contributed by atoms with Gasteiger partial charge >= 0.3 is 0 Å². The number of nitrogens with two attached hydrogens (primary N) is 1. The quantitative estimate of drug-likeness (QED) is 0.372. The molecular weight excluding hydrogens is 360 g/mol. The average molecular weight is 379 g/mol. The smallest absolute Gasteiger partial charge is 0.191 e. The number of hydrogen-bond donors (Lipinski definition) is 2. The summed E-state index contributed by atoms with van der Waals surface area (Å²) in [5, 5.41) is 11.0. The van der Waals surface area contributed by atoms with Crippen molar-refractivity contribution in [1.82, 2.24) is 19.5 Å². The molecule has 0 aliphatic heterocycles. The van der Waals surface area contributed by atoms with Gasteiger partial charge < -0.3 is 10.8 Å². The summed E-state index contributed by atoms with van der Waals surface area (Å²) in [4.78, 5) is 12.7. The SMILES string of the molecule is CCCCSc1nc(N)c2ncn(C(O)Cc3c(F)cccc3F)c2n1. The Morgan fingerprint density at radius 1 is 1.27 bits per heavy atom. The summed E-state index contributed by atoms with van der Waals surface area (Å²) in [7, 11) is 0. The summed E-state index contributed by atoms with van der Waals surface area (Å²) in [5.41, 5.74) is 6.42. The van der Waals surface area contributed by atoms with E-state index >= 15 is 0 Å². The molecule has 3 rings (SSSR count). The Kier molecular flexibility index (Phi) is 5.67. The van der Waals surface area contributed by atoms with Crippen molar-refractivity contribution in [2.75, 3.05) is 11.5 Å². The fraction of sp³-hybridized carbons (Fsp3) is 0.353. The lowest BCUT2D eigenvalue weighted by Crippen LogP contribution is -2.13. The molecule has 0 saturated carbocycles. The van der Waals surface area contributed by atoms with Crippen LogP contribution in [-0.4, -0.2) is 30.4 Å². The van der Waals surface area contributed by atoms with Crippen LogP contribution in [0.3, 0.4) is 0 Å². The Morgan fingerprint density at radius 2 is 2.00 bits per heavy atom. The maximum atomic E-state index is 13.8. The van der Waals surface area contributed by atoms with Crippen molar-refractivity contribution in [2.24, 2.45) is 0 Å². The third kappa shape index (κ3) is 3.78. The van der Waals surface area contributed by atoms with Crippen LogP contribution in [0.2, 0.25) is 0 Å². The summed E-state index contributed by atoms with van der Waals surface area (Å²) in [6.07, 6.45) is 1.91. The first-order chi connectivity index (χ1) is 12.5. The number of aliphatic hydroxyl groups is 1. The summed E-state index contributed by atoms with van der Waals surface area (Å²) < 4.78 is 29.0. The molecule has 3 aromatic rings. The minimum absolute atomic E-state index is 0.193. The fourth-order valence-corrected chi connectivity index (χ4v) is 3.45. The molecule has 0 bridgehead atoms. The number of fused-ring (bicyclic) bond motifs is 1. The Bertz CT molecular complexity index is 897. The highest BCUT2D eigenvalue weighted by molar-refractivity contribution is 7.99. The van der Waals surface area contributed by atoms with E-state index in [0.717, 1.165) is 30.7 Å². The number of anilines is 1. The molecule has 6 nitrogen and oxygen atoms in total. The predicted octanol–water partition coefficient (Wildman–Crippen LogP) is 3.31. The number of nitrogen functional groups attached to an aromatic ring is 1. The summed E-state index contributed by atoms with van der Waals surface area (Å²) in [5.74, 6) is -0.368. The van der Waals surface area contributed by atoms with Crippen molar-refractivity contribution in [2.45, 2.75) is 37.6 Å². The lowest BCUT2D eigenvalue weighted by molar-refractivity contribution is 0.106. The summed E-state index contributed by atoms with van der Waals surface area (Å²) >= 11 is 1.46. The van der Waals surface area contributed by atoms with Crippen molar-refractivity contribution < 1.29 is 13.9 Å². The number of hydrogen-bond acceptors (Lipinski definition) is 6. The molecule has 1 atom stereocenters. The fourth-order valence-electron chi connectivity index (χ4n) is 2.52. The number of imidazole rings is 1. The molecule has 138 valence electrons. The Hall–Kier alpha value is -2.26. The number of aromatic nitrogens is 4. The Balaban J connectivity index is 1.91. The van der Waals surface area contributed by atoms with Crippen molar-refractivity contribution in [3.63, 3.8) is 0 Å². The van der Waals surface area contributed by atoms with Crippen LogP contribution in [0.25, 0.3) is 11.2 Å². The van der Waals surface area contributed by atoms with Gasteiger partial charge in [0.15, 0.2) is 16.6 Å². The molecule has 9 heteroatoms. The molecule has 0 aliphatic rings. The van der Waals surface area contributed by atoms with Gasteiger partial charge in [-0.05, 0) is 18.6 Å². The molecule has 2 heterocycles. The van der Waals surface area contributed by atoms with Gasteiger partial charge in [-0.3, -0.25) is 4.57 Å². The summed E-state index contributed by atoms with van der Waals surface area (Å²) in [6.45, 7) is 2.09. The predicted molar refractivity (Wildman–Crippen MR) is 96.7 cm³/mol. The molecule has 0 saturated heterocycles. The maximum Gasteiger partial charge on any atom is 0.191 e. The second-order valence-corrected chi connectivity index (χ2v) is 6.86. The minimum Gasteiger partial charge on any atom is -0.382 e. The number of benzene rings is 1. The first-order valence-corrected chi connectivity index (χ1v) is 9.23. The highest BCUT2D eigenvalue weighted by Gasteiger charge is 2.19. The van der Waals surface area contributed by atoms with E-state index in [-0.39, 0.29) is 17.8 Å². The van der Waals surface area contributed by atoms with Crippen molar-refractivity contribution in [3.8, 4) is 0 Å². The van der Waals surface area contributed by atoms with E-state index in [1.54, 1.807) is 0 Å². The van der Waals surface area contributed by atoms with Crippen molar-refractivity contribution in [1.29, 1.82) is 0 Å². The van der Waals surface area contributed by atoms with Gasteiger partial charge in [0.25, 0.3) is 0 Å². The van der Waals surface area contributed by atoms with Crippen LogP contribution >= 0.6 is 11.8 Å². The van der Waals surface area contributed by atoms with Gasteiger partial charge in [0.2, 0.25) is 0 Å². The Morgan fingerprint density at radius 3 is 2.69 bits per heavy atom. The topological polar surface area (TPSA) is 89.8 Å². The largest absolute Gasteiger partial charge is 0.382 e. The normalized spacial score (nSPS) is 12.6. The molecule has 0 spiro atoms. The maximum absolute atomic E-state index is 13.8. The average Bonchev–Trinajstić information content (AvgIpc) is 3.03. The number of unbranched alkanes of at least 4 members (excludes halogenated alkanes) is 1. The second kappa shape index (κ2) is 7.96. The monoisotopic (exact) mass is 379 g/mol. The summed E-state index contributed by atoms with van der Waals surface area (Å²) in [6, 6.07) is 3.58. The molecule has 0 radical (unpaired) electrons. The van der Waals surface area contributed by atoms with Crippen molar-refractivity contribution in [3.05, 3.63) is 41.7 Å². The van der Waals surface area contributed by atoms with Crippen LogP contribution in [0.4, 0.5) is 14.6 Å². The zero-order valence-corrected chi connectivity index (χ0v) is 15.0. The number of rotatable bonds is 7. The highest BCUT2D eigenvalue weighted by atomic mass is 32.2. The van der Waals surface area contributed by atoms with E-state index in [9.17, 15) is 13.9 Å². The molecule has 26 heavy (non-hydrogen) atoms. The number of nitrogens with zero attached hydrogens (tertiary/aromatic N) is 4. The van der Waals surface area contributed by atoms with Gasteiger partial charge in [0.1, 0.15) is 23.4 Å². The van der Waals surface area contributed by atoms with Gasteiger partial charge in [0, 0.05) is 17.7 Å². The molecule has 2 aromatic heterocycles. The van der Waals surface area contributed by atoms with Crippen LogP contribution in [0.1, 0.15) is 31.6 Å². The zero-order valence-electron chi connectivity index (χ0n) is 14.2. The molecule has 1 aromatic carbocycles. The third-order valence-electron chi connectivity index (χ3n) is 3.93. The lowest BCUT2D eigenvalue weighted by Gasteiger charge is -2.14. The Labute approximate surface area is 153 Å². The molecule has 3 N–H and O–H groups in total. The molecule has 0 amide bonds. The standard InChI is InChI=1S/C17H19F2N5OS/c1-2-3-7-26-17-22-15(20)14-16(23-17)24(9-21-14)13(25)8-10-11(18)5-4-6-12(10)19/h4-6,9,13,25H,2-3,7-8H2,1H3,(H2,20,22,23). The van der Waals surface area contributed by atoms with Crippen LogP contribution in [0, 0.1) is 11.6 Å². The van der Waals surface area contributed by atoms with E-state index in [1.807, 2.05) is 0 Å². The third-order valence-corrected chi connectivity index (χ3v) is 4.86. The zero-order chi connectivity index (χ0) is 18.7. The van der Waals surface area contributed by atoms with E-state index in [1.165, 1.54) is 28.7 Å². The molecule has 1 unspecified atom stereocenters. The van der Waals surface area contributed by atoms with Gasteiger partial charge in [-0.15, -0.1) is 0 Å². The van der Waals surface area contributed by atoms with E-state index in [0.29, 0.717) is 16.3 Å². The van der Waals surface area contributed by atoms with Crippen LogP contribution in [-0.2, 0) is 6.42 Å². The molecular formula is C17H19F2N5OS. The number of aliphatic hydroxyl groups excluding tert-OH is 1. The minimum atomic E-state index is -1.24. The second-order valence-electron chi connectivity index (χ2n) is 5.80. The van der Waals surface area contributed by atoms with E-state index < -0.39 is 17.9 Å². The van der Waals surface area contributed by atoms with E-state index in [2.05, 4.69) is 21.9 Å². The van der Waals surface area contributed by atoms with Crippen LogP contribution in [0.5, 0.6) is 0 Å². The van der Waals surface area contributed by atoms with Crippen LogP contribution in [0.15, 0.2) is 29.7 Å². The highest BCUT2D eigenvalue weighted by Crippen LogP contribution is 2.26. The van der Waals surface area contributed by atoms with Crippen molar-refractivity contribution >= 4 is 28.7 Å². The molecule has 0 fully saturated rings. The van der Waals surface area contributed by atoms with Gasteiger partial charge in [-0.2, -0.15) is 0 Å². The first-order valence-electron chi connectivity index (χ1n) is 8.25. The molecule has 0 aliphatic carbocycles. The van der Waals surface area contributed by atoms with Gasteiger partial charge in [-0.1, -0.05) is 31.2 Å².